The second-order valence-electron chi connectivity index (χ2n) is 17.4. The second-order valence-corrected chi connectivity index (χ2v) is 17.4. The van der Waals surface area contributed by atoms with E-state index < -0.39 is 0 Å². The molecule has 0 radical (unpaired) electrons. The van der Waals surface area contributed by atoms with Gasteiger partial charge in [0.25, 0.3) is 0 Å². The van der Waals surface area contributed by atoms with Gasteiger partial charge in [0.2, 0.25) is 0 Å². The van der Waals surface area contributed by atoms with E-state index in [-0.39, 0.29) is 24.0 Å². The van der Waals surface area contributed by atoms with Crippen LogP contribution in [0.25, 0.3) is 0 Å². The van der Waals surface area contributed by atoms with E-state index in [1.54, 1.807) is 0 Å². The number of esters is 3. The molecule has 0 aliphatic heterocycles. The van der Waals surface area contributed by atoms with Crippen molar-refractivity contribution in [3.05, 3.63) is 0 Å². The Morgan fingerprint density at radius 2 is 0.732 bits per heavy atom. The maximum Gasteiger partial charge on any atom is 0.306 e. The first-order valence-corrected chi connectivity index (χ1v) is 24.4. The van der Waals surface area contributed by atoms with Crippen LogP contribution < -0.4 is 0 Å². The van der Waals surface area contributed by atoms with Gasteiger partial charge in [-0.05, 0) is 90.3 Å². The number of hydrogen-bond donors (Lipinski definition) is 0. The molecule has 0 fully saturated rings. The minimum atomic E-state index is -0.0467. The van der Waals surface area contributed by atoms with Gasteiger partial charge in [0.15, 0.2) is 0 Å². The maximum absolute atomic E-state index is 12.6. The number of carbonyl (C=O) groups excluding carboxylic acids is 3. The molecule has 0 aromatic carbocycles. The molecule has 0 aliphatic carbocycles. The summed E-state index contributed by atoms with van der Waals surface area (Å²) in [6.45, 7) is 11.1. The first kappa shape index (κ1) is 54.4. The van der Waals surface area contributed by atoms with Crippen LogP contribution in [-0.2, 0) is 28.6 Å². The summed E-state index contributed by atoms with van der Waals surface area (Å²) >= 11 is 0. The van der Waals surface area contributed by atoms with Crippen LogP contribution in [0.15, 0.2) is 0 Å². The second kappa shape index (κ2) is 41.5. The fraction of sp³-hybridized carbons (Fsp3) is 0.939. The molecule has 0 unspecified atom stereocenters. The summed E-state index contributed by atoms with van der Waals surface area (Å²) in [7, 11) is 4.08. The molecule has 7 heteroatoms. The summed E-state index contributed by atoms with van der Waals surface area (Å²) in [6, 6.07) is 0. The van der Waals surface area contributed by atoms with Crippen LogP contribution in [0.1, 0.15) is 246 Å². The Morgan fingerprint density at radius 3 is 1.09 bits per heavy atom. The van der Waals surface area contributed by atoms with E-state index in [2.05, 4.69) is 32.6 Å². The summed E-state index contributed by atoms with van der Waals surface area (Å²) in [5.74, 6) is 1.31. The van der Waals surface area contributed by atoms with Crippen LogP contribution in [0.5, 0.6) is 0 Å². The summed E-state index contributed by atoms with van der Waals surface area (Å²) in [5.41, 5.74) is 0. The first-order chi connectivity index (χ1) is 27.2. The third kappa shape index (κ3) is 37.9. The van der Waals surface area contributed by atoms with Crippen LogP contribution in [-0.4, -0.2) is 62.8 Å². The van der Waals surface area contributed by atoms with Gasteiger partial charge in [-0.1, -0.05) is 169 Å². The zero-order chi connectivity index (χ0) is 41.3. The van der Waals surface area contributed by atoms with Crippen LogP contribution in [0, 0.1) is 11.8 Å². The standard InChI is InChI=1S/C49H95NO6/c1-7-11-30-44(31-12-8-2)39-42-54-47(51)36-27-23-19-15-17-21-25-34-46(56-49(53)38-29-41-50(5)6)35-26-22-18-16-20-24-28-37-48(52)55-43-40-45(32-13-9-3)33-14-10-4/h44-46H,7-43H2,1-6H3. The predicted molar refractivity (Wildman–Crippen MR) is 237 cm³/mol. The van der Waals surface area contributed by atoms with Gasteiger partial charge in [-0.25, -0.2) is 0 Å². The normalized spacial score (nSPS) is 11.7. The SMILES string of the molecule is CCCCC(CCCC)CCOC(=O)CCCCCCCCCC(CCCCCCCCCC(=O)OCCC(CCCC)CCCC)OC(=O)CCCN(C)C. The molecule has 0 N–H and O–H groups in total. The Kier molecular flexibility index (Phi) is 40.3. The molecule has 0 aliphatic rings. The quantitative estimate of drug-likeness (QED) is 0.0345. The summed E-state index contributed by atoms with van der Waals surface area (Å²) in [6.07, 6.45) is 37.2. The molecule has 0 atom stereocenters. The van der Waals surface area contributed by atoms with Gasteiger partial charge in [-0.15, -0.1) is 0 Å². The highest BCUT2D eigenvalue weighted by Crippen LogP contribution is 2.22. The largest absolute Gasteiger partial charge is 0.466 e. The van der Waals surface area contributed by atoms with Gasteiger partial charge < -0.3 is 19.1 Å². The van der Waals surface area contributed by atoms with Gasteiger partial charge >= 0.3 is 17.9 Å². The highest BCUT2D eigenvalue weighted by molar-refractivity contribution is 5.70. The van der Waals surface area contributed by atoms with Crippen molar-refractivity contribution in [2.75, 3.05) is 33.9 Å². The zero-order valence-electron chi connectivity index (χ0n) is 38.3. The molecule has 56 heavy (non-hydrogen) atoms. The average Bonchev–Trinajstić information content (AvgIpc) is 3.17. The van der Waals surface area contributed by atoms with Crippen LogP contribution in [0.4, 0.5) is 0 Å². The number of ether oxygens (including phenoxy) is 3. The summed E-state index contributed by atoms with van der Waals surface area (Å²) < 4.78 is 17.2. The third-order valence-corrected chi connectivity index (χ3v) is 11.5. The summed E-state index contributed by atoms with van der Waals surface area (Å²) in [4.78, 5) is 39.2. The van der Waals surface area contributed by atoms with Crippen molar-refractivity contribution in [2.24, 2.45) is 11.8 Å². The van der Waals surface area contributed by atoms with E-state index in [9.17, 15) is 14.4 Å². The van der Waals surface area contributed by atoms with Crippen molar-refractivity contribution in [2.45, 2.75) is 252 Å². The zero-order valence-corrected chi connectivity index (χ0v) is 38.3. The first-order valence-electron chi connectivity index (χ1n) is 24.4. The fourth-order valence-electron chi connectivity index (χ4n) is 7.76. The Morgan fingerprint density at radius 1 is 0.393 bits per heavy atom. The van der Waals surface area contributed by atoms with E-state index in [1.807, 2.05) is 14.1 Å². The minimum absolute atomic E-state index is 0.0230. The van der Waals surface area contributed by atoms with Crippen molar-refractivity contribution >= 4 is 17.9 Å². The monoisotopic (exact) mass is 794 g/mol. The average molecular weight is 794 g/mol. The molecule has 0 bridgehead atoms. The van der Waals surface area contributed by atoms with Gasteiger partial charge in [-0.3, -0.25) is 14.4 Å². The molecule has 332 valence electrons. The number of rotatable bonds is 43. The summed E-state index contributed by atoms with van der Waals surface area (Å²) in [5, 5.41) is 0. The Labute approximate surface area is 348 Å². The van der Waals surface area contributed by atoms with Gasteiger partial charge in [-0.2, -0.15) is 0 Å². The molecule has 0 rings (SSSR count). The third-order valence-electron chi connectivity index (χ3n) is 11.5. The van der Waals surface area contributed by atoms with E-state index >= 15 is 0 Å². The van der Waals surface area contributed by atoms with Gasteiger partial charge in [0, 0.05) is 19.3 Å². The maximum atomic E-state index is 12.6. The predicted octanol–water partition coefficient (Wildman–Crippen LogP) is 14.1. The number of hydrogen-bond acceptors (Lipinski definition) is 7. The van der Waals surface area contributed by atoms with Crippen molar-refractivity contribution in [1.82, 2.24) is 4.90 Å². The molecule has 0 saturated carbocycles. The lowest BCUT2D eigenvalue weighted by atomic mass is 9.93. The van der Waals surface area contributed by atoms with E-state index in [1.165, 1.54) is 116 Å². The molecule has 7 nitrogen and oxygen atoms in total. The molecular formula is C49H95NO6. The number of unbranched alkanes of at least 4 members (excludes halogenated alkanes) is 16. The van der Waals surface area contributed by atoms with Crippen LogP contribution in [0.3, 0.4) is 0 Å². The van der Waals surface area contributed by atoms with Gasteiger partial charge in [0.1, 0.15) is 6.10 Å². The van der Waals surface area contributed by atoms with Gasteiger partial charge in [0.05, 0.1) is 13.2 Å². The Bertz CT molecular complexity index is 807. The van der Waals surface area contributed by atoms with E-state index in [0.29, 0.717) is 44.3 Å². The lowest BCUT2D eigenvalue weighted by molar-refractivity contribution is -0.150. The van der Waals surface area contributed by atoms with Crippen molar-refractivity contribution in [3.8, 4) is 0 Å². The molecule has 0 heterocycles. The van der Waals surface area contributed by atoms with Crippen LogP contribution >= 0.6 is 0 Å². The molecule has 0 amide bonds. The molecule has 0 aromatic rings. The highest BCUT2D eigenvalue weighted by Gasteiger charge is 2.15. The molecule has 0 spiro atoms. The van der Waals surface area contributed by atoms with Crippen molar-refractivity contribution in [1.29, 1.82) is 0 Å². The molecule has 0 aromatic heterocycles. The lowest BCUT2D eigenvalue weighted by Gasteiger charge is -2.18. The van der Waals surface area contributed by atoms with Crippen molar-refractivity contribution < 1.29 is 28.6 Å². The Balaban J connectivity index is 4.17. The number of nitrogens with zero attached hydrogens (tertiary/aromatic N) is 1. The fourth-order valence-corrected chi connectivity index (χ4v) is 7.76. The highest BCUT2D eigenvalue weighted by atomic mass is 16.5. The lowest BCUT2D eigenvalue weighted by Crippen LogP contribution is -2.20. The van der Waals surface area contributed by atoms with Crippen molar-refractivity contribution in [3.63, 3.8) is 0 Å². The van der Waals surface area contributed by atoms with Crippen LogP contribution in [0.2, 0.25) is 0 Å². The molecule has 0 saturated heterocycles. The topological polar surface area (TPSA) is 82.1 Å². The molecular weight excluding hydrogens is 699 g/mol. The smallest absolute Gasteiger partial charge is 0.306 e. The minimum Gasteiger partial charge on any atom is -0.466 e. The Hall–Kier alpha value is -1.63. The number of carbonyl (C=O) groups is 3. The van der Waals surface area contributed by atoms with E-state index in [4.69, 9.17) is 14.2 Å². The van der Waals surface area contributed by atoms with E-state index in [0.717, 1.165) is 90.0 Å².